The zero-order valence-corrected chi connectivity index (χ0v) is 17.8. The van der Waals surface area contributed by atoms with Gasteiger partial charge in [-0.1, -0.05) is 48.9 Å². The highest BCUT2D eigenvalue weighted by molar-refractivity contribution is 6.32. The van der Waals surface area contributed by atoms with Crippen molar-refractivity contribution in [1.82, 2.24) is 15.3 Å². The summed E-state index contributed by atoms with van der Waals surface area (Å²) in [5.41, 5.74) is 2.93. The van der Waals surface area contributed by atoms with Crippen LogP contribution in [0.2, 0.25) is 5.02 Å². The fourth-order valence-corrected chi connectivity index (χ4v) is 3.51. The first-order valence-electron chi connectivity index (χ1n) is 10.3. The van der Waals surface area contributed by atoms with Crippen LogP contribution in [0.15, 0.2) is 54.7 Å². The number of nitrogens with zero attached hydrogens (tertiary/aromatic N) is 3. The molecule has 1 aliphatic rings. The fraction of sp³-hybridized carbons (Fsp3) is 0.304. The van der Waals surface area contributed by atoms with Crippen LogP contribution in [-0.4, -0.2) is 42.8 Å². The number of nitrogens with one attached hydrogen (secondary N) is 2. The Morgan fingerprint density at radius 1 is 1.13 bits per heavy atom. The van der Waals surface area contributed by atoms with E-state index in [4.69, 9.17) is 16.3 Å². The normalized spacial score (nSPS) is 13.9. The third-order valence-corrected chi connectivity index (χ3v) is 5.21. The van der Waals surface area contributed by atoms with Gasteiger partial charge >= 0.3 is 0 Å². The summed E-state index contributed by atoms with van der Waals surface area (Å²) in [4.78, 5) is 11.4. The van der Waals surface area contributed by atoms with Crippen LogP contribution in [0, 0.1) is 0 Å². The Morgan fingerprint density at radius 3 is 2.70 bits per heavy atom. The first kappa shape index (κ1) is 20.4. The standard InChI is InChI=1S/C23H26ClN5O/c1-2-14-30-21-15-18(29-12-10-25-11-13-29)8-9-20(21)27-23-19(24)16-26-22(28-23)17-6-4-3-5-7-17/h3-9,15-16,25H,2,10-14H2,1H3,(H,26,27,28). The van der Waals surface area contributed by atoms with E-state index < -0.39 is 0 Å². The molecule has 0 radical (unpaired) electrons. The number of hydrogen-bond donors (Lipinski definition) is 2. The molecule has 4 rings (SSSR count). The zero-order valence-electron chi connectivity index (χ0n) is 17.1. The van der Waals surface area contributed by atoms with Crippen molar-refractivity contribution in [2.24, 2.45) is 0 Å². The summed E-state index contributed by atoms with van der Waals surface area (Å²) in [6.45, 7) is 6.69. The number of aromatic nitrogens is 2. The Hall–Kier alpha value is -2.83. The van der Waals surface area contributed by atoms with Gasteiger partial charge in [-0.05, 0) is 18.6 Å². The predicted molar refractivity (Wildman–Crippen MR) is 123 cm³/mol. The van der Waals surface area contributed by atoms with Crippen LogP contribution >= 0.6 is 11.6 Å². The molecule has 2 aromatic carbocycles. The number of halogens is 1. The van der Waals surface area contributed by atoms with Gasteiger partial charge in [0.2, 0.25) is 0 Å². The molecule has 0 unspecified atom stereocenters. The Balaban J connectivity index is 1.63. The number of rotatable bonds is 7. The summed E-state index contributed by atoms with van der Waals surface area (Å²) in [5.74, 6) is 1.97. The maximum Gasteiger partial charge on any atom is 0.161 e. The first-order valence-corrected chi connectivity index (χ1v) is 10.7. The molecule has 1 saturated heterocycles. The predicted octanol–water partition coefficient (Wildman–Crippen LogP) is 4.74. The highest BCUT2D eigenvalue weighted by Gasteiger charge is 2.15. The van der Waals surface area contributed by atoms with E-state index in [1.54, 1.807) is 6.20 Å². The van der Waals surface area contributed by atoms with E-state index in [0.29, 0.717) is 23.3 Å². The Morgan fingerprint density at radius 2 is 1.93 bits per heavy atom. The van der Waals surface area contributed by atoms with E-state index in [1.165, 1.54) is 0 Å². The molecular formula is C23H26ClN5O. The maximum atomic E-state index is 6.40. The lowest BCUT2D eigenvalue weighted by Gasteiger charge is -2.30. The quantitative estimate of drug-likeness (QED) is 0.572. The Kier molecular flexibility index (Phi) is 6.67. The van der Waals surface area contributed by atoms with Crippen LogP contribution in [0.1, 0.15) is 13.3 Å². The Labute approximate surface area is 182 Å². The smallest absolute Gasteiger partial charge is 0.161 e. The van der Waals surface area contributed by atoms with Gasteiger partial charge in [-0.2, -0.15) is 0 Å². The number of benzene rings is 2. The molecule has 2 N–H and O–H groups in total. The van der Waals surface area contributed by atoms with E-state index in [9.17, 15) is 0 Å². The largest absolute Gasteiger partial charge is 0.491 e. The van der Waals surface area contributed by atoms with Gasteiger partial charge in [0.15, 0.2) is 11.6 Å². The molecule has 0 atom stereocenters. The summed E-state index contributed by atoms with van der Waals surface area (Å²) >= 11 is 6.40. The van der Waals surface area contributed by atoms with E-state index in [0.717, 1.165) is 55.3 Å². The molecule has 0 saturated carbocycles. The van der Waals surface area contributed by atoms with E-state index in [2.05, 4.69) is 44.6 Å². The van der Waals surface area contributed by atoms with Crippen molar-refractivity contribution in [1.29, 1.82) is 0 Å². The average Bonchev–Trinajstić information content (AvgIpc) is 2.81. The topological polar surface area (TPSA) is 62.3 Å². The van der Waals surface area contributed by atoms with Crippen molar-refractivity contribution in [3.63, 3.8) is 0 Å². The zero-order chi connectivity index (χ0) is 20.8. The lowest BCUT2D eigenvalue weighted by molar-refractivity contribution is 0.319. The van der Waals surface area contributed by atoms with Crippen LogP contribution in [0.5, 0.6) is 5.75 Å². The number of piperazine rings is 1. The summed E-state index contributed by atoms with van der Waals surface area (Å²) in [5, 5.41) is 7.20. The second-order valence-corrected chi connectivity index (χ2v) is 7.55. The van der Waals surface area contributed by atoms with Crippen molar-refractivity contribution in [2.45, 2.75) is 13.3 Å². The second-order valence-electron chi connectivity index (χ2n) is 7.15. The van der Waals surface area contributed by atoms with Crippen LogP contribution in [0.25, 0.3) is 11.4 Å². The third-order valence-electron chi connectivity index (χ3n) is 4.94. The molecule has 6 nitrogen and oxygen atoms in total. The molecule has 3 aromatic rings. The summed E-state index contributed by atoms with van der Waals surface area (Å²) in [7, 11) is 0. The van der Waals surface area contributed by atoms with Crippen LogP contribution in [-0.2, 0) is 0 Å². The van der Waals surface area contributed by atoms with Crippen molar-refractivity contribution < 1.29 is 4.74 Å². The number of ether oxygens (including phenoxy) is 1. The van der Waals surface area contributed by atoms with Gasteiger partial charge in [-0.25, -0.2) is 9.97 Å². The lowest BCUT2D eigenvalue weighted by atomic mass is 10.2. The van der Waals surface area contributed by atoms with E-state index in [1.807, 2.05) is 36.4 Å². The van der Waals surface area contributed by atoms with Gasteiger partial charge in [-0.15, -0.1) is 0 Å². The average molecular weight is 424 g/mol. The van der Waals surface area contributed by atoms with Crippen molar-refractivity contribution in [2.75, 3.05) is 43.0 Å². The summed E-state index contributed by atoms with van der Waals surface area (Å²) in [6, 6.07) is 16.1. The van der Waals surface area contributed by atoms with Crippen LogP contribution in [0.3, 0.4) is 0 Å². The minimum atomic E-state index is 0.460. The third kappa shape index (κ3) is 4.83. The molecule has 30 heavy (non-hydrogen) atoms. The minimum Gasteiger partial charge on any atom is -0.491 e. The highest BCUT2D eigenvalue weighted by Crippen LogP contribution is 2.34. The van der Waals surface area contributed by atoms with E-state index in [-0.39, 0.29) is 0 Å². The molecule has 0 bridgehead atoms. The van der Waals surface area contributed by atoms with Crippen LogP contribution < -0.4 is 20.3 Å². The first-order chi connectivity index (χ1) is 14.7. The van der Waals surface area contributed by atoms with Gasteiger partial charge < -0.3 is 20.3 Å². The highest BCUT2D eigenvalue weighted by atomic mass is 35.5. The molecule has 2 heterocycles. The fourth-order valence-electron chi connectivity index (χ4n) is 3.37. The van der Waals surface area contributed by atoms with Crippen molar-refractivity contribution in [3.05, 3.63) is 59.8 Å². The van der Waals surface area contributed by atoms with Gasteiger partial charge in [-0.3, -0.25) is 0 Å². The monoisotopic (exact) mass is 423 g/mol. The molecule has 1 aliphatic heterocycles. The second kappa shape index (κ2) is 9.78. The molecule has 1 fully saturated rings. The number of hydrogen-bond acceptors (Lipinski definition) is 6. The molecule has 0 amide bonds. The van der Waals surface area contributed by atoms with Crippen molar-refractivity contribution in [3.8, 4) is 17.1 Å². The number of anilines is 3. The van der Waals surface area contributed by atoms with E-state index >= 15 is 0 Å². The van der Waals surface area contributed by atoms with Crippen LogP contribution in [0.4, 0.5) is 17.2 Å². The molecule has 1 aromatic heterocycles. The lowest BCUT2D eigenvalue weighted by Crippen LogP contribution is -2.43. The molecular weight excluding hydrogens is 398 g/mol. The molecule has 156 valence electrons. The van der Waals surface area contributed by atoms with Gasteiger partial charge in [0.05, 0.1) is 18.5 Å². The van der Waals surface area contributed by atoms with Gasteiger partial charge in [0, 0.05) is 43.5 Å². The molecule has 0 aliphatic carbocycles. The summed E-state index contributed by atoms with van der Waals surface area (Å²) < 4.78 is 6.05. The molecule has 0 spiro atoms. The minimum absolute atomic E-state index is 0.460. The Bertz CT molecular complexity index is 977. The van der Waals surface area contributed by atoms with Gasteiger partial charge in [0.1, 0.15) is 10.8 Å². The van der Waals surface area contributed by atoms with Crippen molar-refractivity contribution >= 4 is 28.8 Å². The van der Waals surface area contributed by atoms with Gasteiger partial charge in [0.25, 0.3) is 0 Å². The maximum absolute atomic E-state index is 6.40. The SMILES string of the molecule is CCCOc1cc(N2CCNCC2)ccc1Nc1nc(-c2ccccc2)ncc1Cl. The molecule has 7 heteroatoms. The summed E-state index contributed by atoms with van der Waals surface area (Å²) in [6.07, 6.45) is 2.56.